The Balaban J connectivity index is 2.12. The zero-order valence-corrected chi connectivity index (χ0v) is 14.0. The topological polar surface area (TPSA) is 41.9 Å². The number of aromatic nitrogens is 3. The zero-order chi connectivity index (χ0) is 18.0. The maximum Gasteiger partial charge on any atom is 0.433 e. The van der Waals surface area contributed by atoms with Gasteiger partial charge in [0, 0.05) is 12.3 Å². The Labute approximate surface area is 147 Å². The second-order valence-corrected chi connectivity index (χ2v) is 5.70. The largest absolute Gasteiger partial charge is 0.433 e. The van der Waals surface area contributed by atoms with Crippen molar-refractivity contribution < 1.29 is 13.2 Å². The Morgan fingerprint density at radius 1 is 1.00 bits per heavy atom. The van der Waals surface area contributed by atoms with Crippen LogP contribution in [0.4, 0.5) is 24.7 Å². The van der Waals surface area contributed by atoms with Gasteiger partial charge < -0.3 is 0 Å². The summed E-state index contributed by atoms with van der Waals surface area (Å²) in [5, 5.41) is 0. The minimum atomic E-state index is -4.61. The maximum absolute atomic E-state index is 13.2. The van der Waals surface area contributed by atoms with E-state index in [1.807, 2.05) is 13.0 Å². The van der Waals surface area contributed by atoms with E-state index < -0.39 is 11.9 Å². The van der Waals surface area contributed by atoms with E-state index in [2.05, 4.69) is 27.8 Å². The molecule has 3 rings (SSSR count). The molecule has 0 aliphatic carbocycles. The van der Waals surface area contributed by atoms with Crippen molar-refractivity contribution in [3.05, 3.63) is 66.0 Å². The van der Waals surface area contributed by atoms with Crippen molar-refractivity contribution >= 4 is 24.3 Å². The summed E-state index contributed by atoms with van der Waals surface area (Å²) in [4.78, 5) is 11.8. The molecule has 0 atom stereocenters. The highest BCUT2D eigenvalue weighted by Gasteiger charge is 2.34. The second kappa shape index (κ2) is 6.72. The number of thiol groups is 1. The molecule has 0 aliphatic heterocycles. The van der Waals surface area contributed by atoms with Gasteiger partial charge in [0.05, 0.1) is 5.69 Å². The molecule has 0 saturated carbocycles. The van der Waals surface area contributed by atoms with Crippen molar-refractivity contribution in [1.82, 2.24) is 15.0 Å². The van der Waals surface area contributed by atoms with Gasteiger partial charge in [-0.1, -0.05) is 31.0 Å². The monoisotopic (exact) mass is 362 g/mol. The average molecular weight is 362 g/mol. The first-order chi connectivity index (χ1) is 11.8. The number of rotatable bonds is 3. The Bertz CT molecular complexity index is 885. The van der Waals surface area contributed by atoms with Crippen LogP contribution in [-0.4, -0.2) is 15.0 Å². The molecule has 2 aromatic heterocycles. The van der Waals surface area contributed by atoms with Crippen LogP contribution in [-0.2, 0) is 6.18 Å². The third-order valence-corrected chi connectivity index (χ3v) is 3.80. The van der Waals surface area contributed by atoms with Crippen molar-refractivity contribution in [3.63, 3.8) is 0 Å². The molecule has 128 valence electrons. The van der Waals surface area contributed by atoms with Crippen LogP contribution in [0.25, 0.3) is 11.5 Å². The summed E-state index contributed by atoms with van der Waals surface area (Å²) in [6, 6.07) is 12.9. The van der Waals surface area contributed by atoms with Crippen molar-refractivity contribution in [1.29, 1.82) is 0 Å². The molecule has 0 radical (unpaired) electrons. The van der Waals surface area contributed by atoms with Gasteiger partial charge in [0.25, 0.3) is 0 Å². The van der Waals surface area contributed by atoms with Gasteiger partial charge in [-0.15, -0.1) is 0 Å². The molecule has 0 bridgehead atoms. The fourth-order valence-corrected chi connectivity index (χ4v) is 2.42. The standard InChI is InChI=1S/C17H13F3N4S/c1-11-5-4-6-12(9-11)24(25)15-10-14(17(18,19)20)22-16(23-15)13-7-2-3-8-21-13/h2-10,25H,1H3. The maximum atomic E-state index is 13.2. The van der Waals surface area contributed by atoms with Gasteiger partial charge in [-0.25, -0.2) is 9.97 Å². The van der Waals surface area contributed by atoms with E-state index in [0.717, 1.165) is 11.6 Å². The second-order valence-electron chi connectivity index (χ2n) is 5.30. The van der Waals surface area contributed by atoms with E-state index in [0.29, 0.717) is 5.69 Å². The van der Waals surface area contributed by atoms with E-state index in [9.17, 15) is 13.2 Å². The van der Waals surface area contributed by atoms with Crippen molar-refractivity contribution in [2.45, 2.75) is 13.1 Å². The van der Waals surface area contributed by atoms with Gasteiger partial charge in [-0.3, -0.25) is 9.29 Å². The number of halogens is 3. The smallest absolute Gasteiger partial charge is 0.271 e. The number of hydrogen-bond acceptors (Lipinski definition) is 5. The summed E-state index contributed by atoms with van der Waals surface area (Å²) in [5.41, 5.74) is 0.749. The molecule has 3 aromatic rings. The summed E-state index contributed by atoms with van der Waals surface area (Å²) < 4.78 is 41.0. The Morgan fingerprint density at radius 2 is 1.80 bits per heavy atom. The molecule has 0 amide bonds. The SMILES string of the molecule is Cc1cccc(N(S)c2cc(C(F)(F)F)nc(-c3ccccn3)n2)c1. The summed E-state index contributed by atoms with van der Waals surface area (Å²) in [7, 11) is 0. The summed E-state index contributed by atoms with van der Waals surface area (Å²) in [6.07, 6.45) is -3.14. The number of alkyl halides is 3. The normalized spacial score (nSPS) is 11.4. The summed E-state index contributed by atoms with van der Waals surface area (Å²) >= 11 is 4.31. The fraction of sp³-hybridized carbons (Fsp3) is 0.118. The summed E-state index contributed by atoms with van der Waals surface area (Å²) in [5.74, 6) is -0.103. The fourth-order valence-electron chi connectivity index (χ4n) is 2.19. The molecule has 0 spiro atoms. The number of aryl methyl sites for hydroxylation is 1. The van der Waals surface area contributed by atoms with Crippen LogP contribution >= 0.6 is 12.8 Å². The third kappa shape index (κ3) is 3.90. The van der Waals surface area contributed by atoms with Crippen LogP contribution in [0.15, 0.2) is 54.7 Å². The van der Waals surface area contributed by atoms with Crippen molar-refractivity contribution in [2.24, 2.45) is 0 Å². The molecular formula is C17H13F3N4S. The molecule has 0 aliphatic rings. The van der Waals surface area contributed by atoms with Crippen LogP contribution < -0.4 is 4.31 Å². The lowest BCUT2D eigenvalue weighted by Gasteiger charge is -2.19. The number of hydrogen-bond donors (Lipinski definition) is 1. The highest BCUT2D eigenvalue weighted by Crippen LogP contribution is 2.34. The first-order valence-corrected chi connectivity index (χ1v) is 7.68. The molecule has 0 saturated heterocycles. The first-order valence-electron chi connectivity index (χ1n) is 7.28. The Morgan fingerprint density at radius 3 is 2.44 bits per heavy atom. The summed E-state index contributed by atoms with van der Waals surface area (Å²) in [6.45, 7) is 1.88. The van der Waals surface area contributed by atoms with Gasteiger partial charge >= 0.3 is 6.18 Å². The highest BCUT2D eigenvalue weighted by molar-refractivity contribution is 7.82. The lowest BCUT2D eigenvalue weighted by Crippen LogP contribution is -2.13. The van der Waals surface area contributed by atoms with Gasteiger partial charge in [-0.2, -0.15) is 13.2 Å². The number of anilines is 2. The van der Waals surface area contributed by atoms with Crippen LogP contribution in [0.1, 0.15) is 11.3 Å². The molecule has 0 unspecified atom stereocenters. The lowest BCUT2D eigenvalue weighted by atomic mass is 10.2. The van der Waals surface area contributed by atoms with E-state index in [4.69, 9.17) is 0 Å². The number of nitrogens with zero attached hydrogens (tertiary/aromatic N) is 4. The van der Waals surface area contributed by atoms with Gasteiger partial charge in [0.15, 0.2) is 11.5 Å². The Kier molecular flexibility index (Phi) is 4.63. The molecule has 4 nitrogen and oxygen atoms in total. The number of benzene rings is 1. The third-order valence-electron chi connectivity index (χ3n) is 3.36. The van der Waals surface area contributed by atoms with E-state index in [1.165, 1.54) is 10.5 Å². The lowest BCUT2D eigenvalue weighted by molar-refractivity contribution is -0.141. The van der Waals surface area contributed by atoms with E-state index in [1.54, 1.807) is 36.4 Å². The molecule has 0 fully saturated rings. The molecule has 2 heterocycles. The van der Waals surface area contributed by atoms with Gasteiger partial charge in [0.1, 0.15) is 11.5 Å². The predicted molar refractivity (Wildman–Crippen MR) is 92.6 cm³/mol. The Hall–Kier alpha value is -2.61. The quantitative estimate of drug-likeness (QED) is 0.677. The minimum absolute atomic E-state index is 0.0110. The highest BCUT2D eigenvalue weighted by atomic mass is 32.1. The molecule has 0 N–H and O–H groups in total. The van der Waals surface area contributed by atoms with Crippen LogP contribution in [0.2, 0.25) is 0 Å². The average Bonchev–Trinajstić information content (AvgIpc) is 2.60. The molecular weight excluding hydrogens is 349 g/mol. The van der Waals surface area contributed by atoms with E-state index in [-0.39, 0.29) is 17.3 Å². The molecule has 1 aromatic carbocycles. The predicted octanol–water partition coefficient (Wildman–Crippen LogP) is 4.85. The van der Waals surface area contributed by atoms with E-state index >= 15 is 0 Å². The first kappa shape index (κ1) is 17.2. The van der Waals surface area contributed by atoms with Crippen LogP contribution in [0, 0.1) is 6.92 Å². The number of pyridine rings is 1. The van der Waals surface area contributed by atoms with Gasteiger partial charge in [-0.05, 0) is 36.8 Å². The van der Waals surface area contributed by atoms with Gasteiger partial charge in [0.2, 0.25) is 0 Å². The van der Waals surface area contributed by atoms with Crippen molar-refractivity contribution in [2.75, 3.05) is 4.31 Å². The molecule has 25 heavy (non-hydrogen) atoms. The van der Waals surface area contributed by atoms with Crippen LogP contribution in [0.3, 0.4) is 0 Å². The van der Waals surface area contributed by atoms with Crippen molar-refractivity contribution in [3.8, 4) is 11.5 Å². The molecule has 8 heteroatoms. The zero-order valence-electron chi connectivity index (χ0n) is 13.1. The minimum Gasteiger partial charge on any atom is -0.271 e. The van der Waals surface area contributed by atoms with Crippen LogP contribution in [0.5, 0.6) is 0 Å².